The number of nitrogens with zero attached hydrogens (tertiary/aromatic N) is 2. The van der Waals surface area contributed by atoms with E-state index in [0.717, 1.165) is 10.5 Å². The summed E-state index contributed by atoms with van der Waals surface area (Å²) in [6.45, 7) is 0. The van der Waals surface area contributed by atoms with Crippen LogP contribution in [0, 0.1) is 4.91 Å². The number of fused-ring (bicyclic) bond motifs is 1. The van der Waals surface area contributed by atoms with Gasteiger partial charge in [0, 0.05) is 10.5 Å². The molecule has 8 nitrogen and oxygen atoms in total. The molecule has 0 saturated carbocycles. The van der Waals surface area contributed by atoms with Crippen molar-refractivity contribution in [2.24, 2.45) is 16.6 Å². The van der Waals surface area contributed by atoms with Crippen LogP contribution in [-0.4, -0.2) is 24.1 Å². The second-order valence-electron chi connectivity index (χ2n) is 5.28. The Kier molecular flexibility index (Phi) is 7.09. The van der Waals surface area contributed by atoms with E-state index in [2.05, 4.69) is 19.9 Å². The maximum atomic E-state index is 12.3. The number of benzene rings is 2. The van der Waals surface area contributed by atoms with Gasteiger partial charge in [-0.05, 0) is 43.3 Å². The van der Waals surface area contributed by atoms with E-state index in [0.29, 0.717) is 16.7 Å². The van der Waals surface area contributed by atoms with Gasteiger partial charge in [-0.25, -0.2) is 4.98 Å². The molecule has 27 heavy (non-hydrogen) atoms. The fourth-order valence-corrected chi connectivity index (χ4v) is 2.91. The Labute approximate surface area is 160 Å². The van der Waals surface area contributed by atoms with E-state index in [1.807, 2.05) is 49.5 Å². The van der Waals surface area contributed by atoms with Crippen molar-refractivity contribution in [1.29, 1.82) is 0 Å². The van der Waals surface area contributed by atoms with Gasteiger partial charge >= 0.3 is 0 Å². The summed E-state index contributed by atoms with van der Waals surface area (Å²) in [7, 11) is 3.03. The number of hydrogen-bond acceptors (Lipinski definition) is 8. The summed E-state index contributed by atoms with van der Waals surface area (Å²) in [6.07, 6.45) is 0. The van der Waals surface area contributed by atoms with Gasteiger partial charge in [-0.3, -0.25) is 9.52 Å². The average molecular weight is 384 g/mol. The van der Waals surface area contributed by atoms with Gasteiger partial charge in [-0.2, -0.15) is 4.91 Å². The first-order valence-corrected chi connectivity index (χ1v) is 8.73. The fraction of sp³-hybridized carbons (Fsp3) is 0.111. The number of nitrogens with two attached hydrogens (primary N) is 2. The van der Waals surface area contributed by atoms with Gasteiger partial charge in [0.15, 0.2) is 5.69 Å². The monoisotopic (exact) mass is 384 g/mol. The molecule has 1 heterocycles. The van der Waals surface area contributed by atoms with Crippen LogP contribution in [0.3, 0.4) is 0 Å². The summed E-state index contributed by atoms with van der Waals surface area (Å²) in [5, 5.41) is 2.25. The zero-order chi connectivity index (χ0) is 19.8. The Hall–Kier alpha value is -3.17. The van der Waals surface area contributed by atoms with Crippen LogP contribution in [0.2, 0.25) is 0 Å². The lowest BCUT2D eigenvalue weighted by molar-refractivity contribution is 1.16. The molecule has 140 valence electrons. The minimum absolute atomic E-state index is 0.123. The highest BCUT2D eigenvalue weighted by molar-refractivity contribution is 7.97. The predicted octanol–water partition coefficient (Wildman–Crippen LogP) is 2.28. The molecule has 0 fully saturated rings. The zero-order valence-corrected chi connectivity index (χ0v) is 15.7. The maximum Gasteiger partial charge on any atom is 0.276 e. The van der Waals surface area contributed by atoms with Crippen LogP contribution in [0.4, 0.5) is 0 Å². The second-order valence-corrected chi connectivity index (χ2v) is 6.36. The quantitative estimate of drug-likeness (QED) is 0.400. The molecule has 9 heteroatoms. The largest absolute Gasteiger partial charge is 0.397 e. The van der Waals surface area contributed by atoms with E-state index < -0.39 is 0 Å². The fourth-order valence-electron chi connectivity index (χ4n) is 2.34. The predicted molar refractivity (Wildman–Crippen MR) is 111 cm³/mol. The highest BCUT2D eigenvalue weighted by atomic mass is 32.2. The third kappa shape index (κ3) is 4.93. The molecule has 0 bridgehead atoms. The molecule has 3 rings (SSSR count). The first kappa shape index (κ1) is 20.1. The number of rotatable bonds is 4. The molecule has 0 spiro atoms. The van der Waals surface area contributed by atoms with Crippen molar-refractivity contribution in [2.45, 2.75) is 4.90 Å². The average Bonchev–Trinajstić information content (AvgIpc) is 2.67. The standard InChI is InChI=1S/C17H17N5OS.CH3NO/c1-20-24-11-6-4-5-10(9-11)14(18)15(19)16-17(23)22-13-8-3-2-7-12(13)21-16;1-2-3/h2-9,20H,18-19H2,1H3,(H,22,23);1H3/b15-14+;. The van der Waals surface area contributed by atoms with Crippen molar-refractivity contribution in [1.82, 2.24) is 14.7 Å². The Morgan fingerprint density at radius 2 is 1.85 bits per heavy atom. The van der Waals surface area contributed by atoms with Crippen LogP contribution in [0.25, 0.3) is 22.4 Å². The number of H-pyrrole nitrogens is 1. The SMILES string of the molecule is CN=O.CNSc1cccc(/C(N)=C(\N)c2nc3ccccc3[nH]c2=O)c1. The van der Waals surface area contributed by atoms with E-state index >= 15 is 0 Å². The number of nitroso groups, excluding NO2 is 1. The lowest BCUT2D eigenvalue weighted by atomic mass is 10.1. The summed E-state index contributed by atoms with van der Waals surface area (Å²) in [4.78, 5) is 29.0. The van der Waals surface area contributed by atoms with Gasteiger partial charge in [0.25, 0.3) is 5.56 Å². The lowest BCUT2D eigenvalue weighted by Crippen LogP contribution is -2.20. The van der Waals surface area contributed by atoms with Gasteiger partial charge in [0.05, 0.1) is 29.5 Å². The van der Waals surface area contributed by atoms with E-state index in [4.69, 9.17) is 16.4 Å². The third-order valence-electron chi connectivity index (χ3n) is 3.51. The van der Waals surface area contributed by atoms with Gasteiger partial charge in [-0.15, -0.1) is 0 Å². The van der Waals surface area contributed by atoms with Crippen LogP contribution >= 0.6 is 11.9 Å². The third-order valence-corrected chi connectivity index (χ3v) is 4.20. The van der Waals surface area contributed by atoms with E-state index in [1.54, 1.807) is 6.07 Å². The molecular weight excluding hydrogens is 364 g/mol. The van der Waals surface area contributed by atoms with Crippen molar-refractivity contribution in [3.05, 3.63) is 75.0 Å². The molecule has 0 saturated heterocycles. The van der Waals surface area contributed by atoms with E-state index in [-0.39, 0.29) is 17.0 Å². The molecule has 6 N–H and O–H groups in total. The second kappa shape index (κ2) is 9.51. The first-order valence-electron chi connectivity index (χ1n) is 7.92. The Morgan fingerprint density at radius 1 is 1.15 bits per heavy atom. The van der Waals surface area contributed by atoms with Crippen molar-refractivity contribution < 1.29 is 0 Å². The van der Waals surface area contributed by atoms with Crippen LogP contribution in [0.5, 0.6) is 0 Å². The van der Waals surface area contributed by atoms with E-state index in [1.165, 1.54) is 19.0 Å². The molecule has 0 atom stereocenters. The zero-order valence-electron chi connectivity index (χ0n) is 14.9. The van der Waals surface area contributed by atoms with Gasteiger partial charge in [-0.1, -0.05) is 29.4 Å². The Balaban J connectivity index is 0.000000817. The Morgan fingerprint density at radius 3 is 2.56 bits per heavy atom. The molecule has 2 aromatic carbocycles. The maximum absolute atomic E-state index is 12.3. The Bertz CT molecular complexity index is 1030. The lowest BCUT2D eigenvalue weighted by Gasteiger charge is -2.09. The molecular formula is C18H20N6O2S. The van der Waals surface area contributed by atoms with Crippen LogP contribution in [0.1, 0.15) is 11.3 Å². The highest BCUT2D eigenvalue weighted by Crippen LogP contribution is 2.21. The van der Waals surface area contributed by atoms with Crippen LogP contribution in [0.15, 0.2) is 63.4 Å². The van der Waals surface area contributed by atoms with Gasteiger partial charge < -0.3 is 16.5 Å². The topological polar surface area (TPSA) is 139 Å². The molecule has 0 unspecified atom stereocenters. The molecule has 0 aliphatic rings. The summed E-state index contributed by atoms with van der Waals surface area (Å²) in [5.74, 6) is 0. The normalized spacial score (nSPS) is 11.3. The summed E-state index contributed by atoms with van der Waals surface area (Å²) in [6, 6.07) is 14.9. The molecule has 0 radical (unpaired) electrons. The number of aromatic nitrogens is 2. The molecule has 3 aromatic rings. The van der Waals surface area contributed by atoms with E-state index in [9.17, 15) is 4.79 Å². The van der Waals surface area contributed by atoms with Crippen molar-refractivity contribution in [2.75, 3.05) is 14.1 Å². The summed E-state index contributed by atoms with van der Waals surface area (Å²) in [5.41, 5.74) is 14.6. The molecule has 0 amide bonds. The van der Waals surface area contributed by atoms with Crippen molar-refractivity contribution in [3.8, 4) is 0 Å². The minimum atomic E-state index is -0.366. The summed E-state index contributed by atoms with van der Waals surface area (Å²) < 4.78 is 3.00. The van der Waals surface area contributed by atoms with Crippen molar-refractivity contribution in [3.63, 3.8) is 0 Å². The van der Waals surface area contributed by atoms with Crippen LogP contribution in [-0.2, 0) is 0 Å². The molecule has 0 aliphatic carbocycles. The molecule has 0 aliphatic heterocycles. The number of hydrogen-bond donors (Lipinski definition) is 4. The minimum Gasteiger partial charge on any atom is -0.397 e. The number of aromatic amines is 1. The van der Waals surface area contributed by atoms with Crippen molar-refractivity contribution >= 4 is 34.4 Å². The van der Waals surface area contributed by atoms with Gasteiger partial charge in [0.1, 0.15) is 0 Å². The first-order chi connectivity index (χ1) is 13.0. The number of para-hydroxylation sites is 2. The molecule has 1 aromatic heterocycles. The van der Waals surface area contributed by atoms with Gasteiger partial charge in [0.2, 0.25) is 0 Å². The summed E-state index contributed by atoms with van der Waals surface area (Å²) >= 11 is 1.47. The highest BCUT2D eigenvalue weighted by Gasteiger charge is 2.12. The van der Waals surface area contributed by atoms with Crippen LogP contribution < -0.4 is 21.7 Å². The smallest absolute Gasteiger partial charge is 0.276 e. The number of nitrogens with one attached hydrogen (secondary N) is 2.